The Balaban J connectivity index is 0.000000371. The molecule has 0 atom stereocenters. The second-order valence-electron chi connectivity index (χ2n) is 1.53. The summed E-state index contributed by atoms with van der Waals surface area (Å²) in [5.41, 5.74) is 0. The van der Waals surface area contributed by atoms with Gasteiger partial charge >= 0.3 is 0 Å². The lowest BCUT2D eigenvalue weighted by Crippen LogP contribution is -1.98. The first-order valence-electron chi connectivity index (χ1n) is 3.57. The van der Waals surface area contributed by atoms with Crippen LogP contribution in [-0.2, 0) is 6.54 Å². The molecule has 0 N–H and O–H groups in total. The highest BCUT2D eigenvalue weighted by atomic mass is 15.6. The third kappa shape index (κ3) is 2.57. The molecule has 0 fully saturated rings. The fraction of sp³-hybridized carbons (Fsp3) is 0.833. The molecule has 1 heterocycles. The van der Waals surface area contributed by atoms with Crippen molar-refractivity contribution in [3.05, 3.63) is 5.82 Å². The lowest BCUT2D eigenvalue weighted by atomic mass is 10.8. The maximum Gasteiger partial charge on any atom is 0.171 e. The minimum Gasteiger partial charge on any atom is -0.165 e. The summed E-state index contributed by atoms with van der Waals surface area (Å²) in [5, 5.41) is 11.3. The summed E-state index contributed by atoms with van der Waals surface area (Å²) >= 11 is 0. The smallest absolute Gasteiger partial charge is 0.165 e. The number of hydrogen-bond acceptors (Lipinski definition) is 3. The maximum atomic E-state index is 3.92. The number of aryl methyl sites for hydroxylation is 2. The molecule has 0 saturated heterocycles. The van der Waals surface area contributed by atoms with Gasteiger partial charge in [0, 0.05) is 0 Å². The summed E-state index contributed by atoms with van der Waals surface area (Å²) in [7, 11) is 0. The summed E-state index contributed by atoms with van der Waals surface area (Å²) in [4.78, 5) is 1.55. The third-order valence-corrected chi connectivity index (χ3v) is 0.836. The second kappa shape index (κ2) is 4.90. The molecule has 0 saturated carbocycles. The Hall–Kier alpha value is -0.930. The molecule has 0 unspecified atom stereocenters. The van der Waals surface area contributed by atoms with Gasteiger partial charge in [-0.3, -0.25) is 0 Å². The van der Waals surface area contributed by atoms with Crippen LogP contribution in [0.3, 0.4) is 0 Å². The molecular formula is C6H14N4. The van der Waals surface area contributed by atoms with Crippen molar-refractivity contribution in [2.45, 2.75) is 34.2 Å². The molecule has 0 radical (unpaired) electrons. The van der Waals surface area contributed by atoms with E-state index in [0.29, 0.717) is 0 Å². The highest BCUT2D eigenvalue weighted by Gasteiger charge is 1.89. The predicted octanol–water partition coefficient (Wildman–Crippen LogP) is 1.03. The monoisotopic (exact) mass is 142 g/mol. The summed E-state index contributed by atoms with van der Waals surface area (Å²) in [6.45, 7) is 8.58. The molecular weight excluding hydrogens is 128 g/mol. The molecule has 0 amide bonds. The van der Waals surface area contributed by atoms with Crippen molar-refractivity contribution in [3.8, 4) is 0 Å². The average Bonchev–Trinajstić information content (AvgIpc) is 2.40. The van der Waals surface area contributed by atoms with Crippen molar-refractivity contribution in [3.63, 3.8) is 0 Å². The lowest BCUT2D eigenvalue weighted by Gasteiger charge is -1.83. The van der Waals surface area contributed by atoms with Crippen LogP contribution in [0.4, 0.5) is 0 Å². The quantitative estimate of drug-likeness (QED) is 0.588. The van der Waals surface area contributed by atoms with Crippen molar-refractivity contribution in [1.82, 2.24) is 20.2 Å². The summed E-state index contributed by atoms with van der Waals surface area (Å²) in [5.74, 6) is 0.729. The van der Waals surface area contributed by atoms with Crippen molar-refractivity contribution < 1.29 is 0 Å². The first kappa shape index (κ1) is 9.07. The van der Waals surface area contributed by atoms with E-state index in [-0.39, 0.29) is 0 Å². The Kier molecular flexibility index (Phi) is 4.45. The van der Waals surface area contributed by atoms with Gasteiger partial charge in [0.1, 0.15) is 0 Å². The average molecular weight is 142 g/mol. The Morgan fingerprint density at radius 2 is 2.00 bits per heavy atom. The van der Waals surface area contributed by atoms with Crippen LogP contribution in [-0.4, -0.2) is 20.2 Å². The third-order valence-electron chi connectivity index (χ3n) is 0.836. The number of nitrogens with zero attached hydrogens (tertiary/aromatic N) is 4. The number of rotatable bonds is 1. The van der Waals surface area contributed by atoms with E-state index < -0.39 is 0 Å². The van der Waals surface area contributed by atoms with E-state index in [1.54, 1.807) is 4.80 Å². The summed E-state index contributed by atoms with van der Waals surface area (Å²) in [6.07, 6.45) is 0. The Bertz CT molecular complexity index is 170. The van der Waals surface area contributed by atoms with Crippen molar-refractivity contribution in [1.29, 1.82) is 0 Å². The standard InChI is InChI=1S/C4H8N4.C2H6/c1-3-8-6-4(2)5-7-8;1-2/h3H2,1-2H3;1-2H3. The molecule has 0 spiro atoms. The minimum absolute atomic E-state index is 0.729. The molecule has 1 aromatic heterocycles. The predicted molar refractivity (Wildman–Crippen MR) is 39.6 cm³/mol. The highest BCUT2D eigenvalue weighted by Crippen LogP contribution is 1.78. The molecule has 4 nitrogen and oxygen atoms in total. The van der Waals surface area contributed by atoms with Crippen molar-refractivity contribution >= 4 is 0 Å². The van der Waals surface area contributed by atoms with E-state index in [4.69, 9.17) is 0 Å². The van der Waals surface area contributed by atoms with Gasteiger partial charge in [-0.15, -0.1) is 10.2 Å². The zero-order chi connectivity index (χ0) is 7.98. The van der Waals surface area contributed by atoms with Gasteiger partial charge in [0.2, 0.25) is 0 Å². The normalized spacial score (nSPS) is 8.40. The molecule has 1 aromatic rings. The number of tetrazole rings is 1. The van der Waals surface area contributed by atoms with Gasteiger partial charge in [-0.1, -0.05) is 13.8 Å². The van der Waals surface area contributed by atoms with E-state index in [9.17, 15) is 0 Å². The number of aromatic nitrogens is 4. The van der Waals surface area contributed by atoms with Gasteiger partial charge in [0.15, 0.2) is 5.82 Å². The zero-order valence-corrected chi connectivity index (χ0v) is 7.00. The van der Waals surface area contributed by atoms with E-state index in [2.05, 4.69) is 15.4 Å². The van der Waals surface area contributed by atoms with E-state index >= 15 is 0 Å². The van der Waals surface area contributed by atoms with Crippen molar-refractivity contribution in [2.75, 3.05) is 0 Å². The molecule has 4 heteroatoms. The van der Waals surface area contributed by atoms with Gasteiger partial charge in [0.25, 0.3) is 0 Å². The molecule has 0 aliphatic carbocycles. The fourth-order valence-electron chi connectivity index (χ4n) is 0.457. The van der Waals surface area contributed by atoms with Crippen LogP contribution in [0.1, 0.15) is 26.6 Å². The fourth-order valence-corrected chi connectivity index (χ4v) is 0.457. The SMILES string of the molecule is CC.CCn1nnc(C)n1. The molecule has 0 aromatic carbocycles. The van der Waals surface area contributed by atoms with Gasteiger partial charge in [-0.2, -0.15) is 4.80 Å². The van der Waals surface area contributed by atoms with E-state index in [0.717, 1.165) is 12.4 Å². The second-order valence-corrected chi connectivity index (χ2v) is 1.53. The zero-order valence-electron chi connectivity index (χ0n) is 7.00. The van der Waals surface area contributed by atoms with Gasteiger partial charge in [0.05, 0.1) is 6.54 Å². The van der Waals surface area contributed by atoms with Crippen LogP contribution in [0.2, 0.25) is 0 Å². The topological polar surface area (TPSA) is 43.6 Å². The van der Waals surface area contributed by atoms with Crippen LogP contribution < -0.4 is 0 Å². The van der Waals surface area contributed by atoms with Crippen LogP contribution in [0.5, 0.6) is 0 Å². The molecule has 1 rings (SSSR count). The molecule has 10 heavy (non-hydrogen) atoms. The van der Waals surface area contributed by atoms with E-state index in [1.165, 1.54) is 0 Å². The maximum absolute atomic E-state index is 3.92. The first-order valence-corrected chi connectivity index (χ1v) is 3.57. The van der Waals surface area contributed by atoms with Crippen LogP contribution in [0.15, 0.2) is 0 Å². The van der Waals surface area contributed by atoms with E-state index in [1.807, 2.05) is 27.7 Å². The first-order chi connectivity index (χ1) is 4.83. The van der Waals surface area contributed by atoms with Gasteiger partial charge < -0.3 is 0 Å². The summed E-state index contributed by atoms with van der Waals surface area (Å²) in [6, 6.07) is 0. The Morgan fingerprint density at radius 3 is 2.20 bits per heavy atom. The Labute approximate surface area is 61.2 Å². The number of hydrogen-bond donors (Lipinski definition) is 0. The lowest BCUT2D eigenvalue weighted by molar-refractivity contribution is 0.551. The van der Waals surface area contributed by atoms with Crippen LogP contribution in [0, 0.1) is 6.92 Å². The van der Waals surface area contributed by atoms with Crippen LogP contribution >= 0.6 is 0 Å². The van der Waals surface area contributed by atoms with Crippen molar-refractivity contribution in [2.24, 2.45) is 0 Å². The molecule has 0 aliphatic heterocycles. The van der Waals surface area contributed by atoms with Gasteiger partial charge in [-0.05, 0) is 19.1 Å². The Morgan fingerprint density at radius 1 is 1.40 bits per heavy atom. The molecule has 0 bridgehead atoms. The van der Waals surface area contributed by atoms with Crippen LogP contribution in [0.25, 0.3) is 0 Å². The molecule has 58 valence electrons. The highest BCUT2D eigenvalue weighted by molar-refractivity contribution is 4.66. The summed E-state index contributed by atoms with van der Waals surface area (Å²) < 4.78 is 0. The van der Waals surface area contributed by atoms with Gasteiger partial charge in [-0.25, -0.2) is 0 Å². The minimum atomic E-state index is 0.729. The largest absolute Gasteiger partial charge is 0.171 e. The molecule has 0 aliphatic rings.